The van der Waals surface area contributed by atoms with Crippen molar-refractivity contribution in [2.45, 2.75) is 0 Å². The number of aromatic nitrogens is 2. The van der Waals surface area contributed by atoms with Crippen LogP contribution in [-0.4, -0.2) is 21.0 Å². The largest absolute Gasteiger partial charge is 0.476 e. The van der Waals surface area contributed by atoms with Crippen molar-refractivity contribution in [1.29, 1.82) is 0 Å². The number of nitrogens with one attached hydrogen (secondary N) is 1. The standard InChI is InChI=1S/C11H7BrIN3O2/c12-7-3-6(1-2-8(7)13)16-10-5-14-9(4-15-10)11(17)18/h1-5H,(H,15,16)(H,17,18). The van der Waals surface area contributed by atoms with E-state index in [0.29, 0.717) is 5.82 Å². The van der Waals surface area contributed by atoms with Crippen molar-refractivity contribution in [2.24, 2.45) is 0 Å². The fourth-order valence-corrected chi connectivity index (χ4v) is 1.94. The van der Waals surface area contributed by atoms with Crippen molar-refractivity contribution in [3.63, 3.8) is 0 Å². The zero-order valence-electron chi connectivity index (χ0n) is 8.89. The lowest BCUT2D eigenvalue weighted by Crippen LogP contribution is -2.02. The molecule has 1 aromatic heterocycles. The van der Waals surface area contributed by atoms with E-state index in [4.69, 9.17) is 5.11 Å². The highest BCUT2D eigenvalue weighted by molar-refractivity contribution is 14.1. The molecule has 0 bridgehead atoms. The van der Waals surface area contributed by atoms with E-state index < -0.39 is 5.97 Å². The monoisotopic (exact) mass is 419 g/mol. The lowest BCUT2D eigenvalue weighted by atomic mass is 10.3. The molecule has 0 saturated carbocycles. The average Bonchev–Trinajstić information content (AvgIpc) is 2.34. The summed E-state index contributed by atoms with van der Waals surface area (Å²) in [5, 5.41) is 11.7. The summed E-state index contributed by atoms with van der Waals surface area (Å²) < 4.78 is 2.08. The van der Waals surface area contributed by atoms with Crippen LogP contribution in [0.1, 0.15) is 10.5 Å². The number of carbonyl (C=O) groups is 1. The second kappa shape index (κ2) is 5.61. The number of carboxylic acid groups (broad SMARTS) is 1. The van der Waals surface area contributed by atoms with Gasteiger partial charge >= 0.3 is 5.97 Å². The third-order valence-corrected chi connectivity index (χ3v) is 4.40. The van der Waals surface area contributed by atoms with Crippen molar-refractivity contribution in [3.8, 4) is 0 Å². The van der Waals surface area contributed by atoms with Gasteiger partial charge in [0.05, 0.1) is 12.4 Å². The van der Waals surface area contributed by atoms with E-state index in [2.05, 4.69) is 53.8 Å². The molecule has 2 rings (SSSR count). The molecule has 1 heterocycles. The van der Waals surface area contributed by atoms with Gasteiger partial charge in [-0.15, -0.1) is 0 Å². The molecule has 18 heavy (non-hydrogen) atoms. The molecule has 0 spiro atoms. The van der Waals surface area contributed by atoms with Crippen LogP contribution in [0.4, 0.5) is 11.5 Å². The minimum absolute atomic E-state index is 0.0793. The molecule has 2 N–H and O–H groups in total. The second-order valence-corrected chi connectivity index (χ2v) is 5.36. The number of aromatic carboxylic acids is 1. The Morgan fingerprint density at radius 3 is 2.67 bits per heavy atom. The van der Waals surface area contributed by atoms with E-state index in [1.807, 2.05) is 18.2 Å². The van der Waals surface area contributed by atoms with Gasteiger partial charge in [-0.2, -0.15) is 0 Å². The number of halogens is 2. The van der Waals surface area contributed by atoms with Crippen LogP contribution in [0.3, 0.4) is 0 Å². The first-order valence-electron chi connectivity index (χ1n) is 4.83. The van der Waals surface area contributed by atoms with Crippen LogP contribution >= 0.6 is 38.5 Å². The molecule has 0 aliphatic rings. The molecule has 92 valence electrons. The highest BCUT2D eigenvalue weighted by atomic mass is 127. The van der Waals surface area contributed by atoms with E-state index in [1.54, 1.807) is 0 Å². The van der Waals surface area contributed by atoms with Crippen molar-refractivity contribution in [1.82, 2.24) is 9.97 Å². The van der Waals surface area contributed by atoms with Crippen molar-refractivity contribution in [3.05, 3.63) is 44.3 Å². The van der Waals surface area contributed by atoms with Crippen LogP contribution in [0.25, 0.3) is 0 Å². The van der Waals surface area contributed by atoms with E-state index in [9.17, 15) is 4.79 Å². The third kappa shape index (κ3) is 3.16. The Kier molecular flexibility index (Phi) is 4.12. The van der Waals surface area contributed by atoms with Crippen LogP contribution in [-0.2, 0) is 0 Å². The van der Waals surface area contributed by atoms with Gasteiger partial charge in [-0.1, -0.05) is 0 Å². The fourth-order valence-electron chi connectivity index (χ4n) is 1.22. The highest BCUT2D eigenvalue weighted by Gasteiger charge is 2.05. The number of benzene rings is 1. The number of hydrogen-bond donors (Lipinski definition) is 2. The first-order chi connectivity index (χ1) is 8.56. The summed E-state index contributed by atoms with van der Waals surface area (Å²) in [5.74, 6) is -0.598. The topological polar surface area (TPSA) is 75.1 Å². The molecule has 1 aromatic carbocycles. The molecule has 0 saturated heterocycles. The molecular weight excluding hydrogens is 413 g/mol. The molecule has 0 fully saturated rings. The van der Waals surface area contributed by atoms with Gasteiger partial charge in [-0.25, -0.2) is 14.8 Å². The van der Waals surface area contributed by atoms with Crippen LogP contribution in [0.2, 0.25) is 0 Å². The Balaban J connectivity index is 2.18. The van der Waals surface area contributed by atoms with Crippen molar-refractivity contribution >= 4 is 56.0 Å². The maximum absolute atomic E-state index is 10.6. The number of rotatable bonds is 3. The SMILES string of the molecule is O=C(O)c1cnc(Nc2ccc(I)c(Br)c2)cn1. The molecule has 0 unspecified atom stereocenters. The number of anilines is 2. The van der Waals surface area contributed by atoms with E-state index in [0.717, 1.165) is 13.7 Å². The maximum Gasteiger partial charge on any atom is 0.356 e. The molecule has 5 nitrogen and oxygen atoms in total. The van der Waals surface area contributed by atoms with Gasteiger partial charge in [0.2, 0.25) is 0 Å². The Morgan fingerprint density at radius 1 is 1.33 bits per heavy atom. The lowest BCUT2D eigenvalue weighted by Gasteiger charge is -2.06. The minimum atomic E-state index is -1.09. The molecule has 0 amide bonds. The molecule has 0 atom stereocenters. The highest BCUT2D eigenvalue weighted by Crippen LogP contribution is 2.24. The van der Waals surface area contributed by atoms with Gasteiger partial charge in [0.15, 0.2) is 5.69 Å². The zero-order chi connectivity index (χ0) is 13.1. The first-order valence-corrected chi connectivity index (χ1v) is 6.71. The van der Waals surface area contributed by atoms with E-state index in [-0.39, 0.29) is 5.69 Å². The maximum atomic E-state index is 10.6. The molecule has 0 radical (unpaired) electrons. The summed E-state index contributed by atoms with van der Waals surface area (Å²) in [5.41, 5.74) is 0.768. The molecular formula is C11H7BrIN3O2. The van der Waals surface area contributed by atoms with E-state index in [1.165, 1.54) is 12.4 Å². The molecule has 0 aliphatic carbocycles. The van der Waals surface area contributed by atoms with E-state index >= 15 is 0 Å². The van der Waals surface area contributed by atoms with Gasteiger partial charge < -0.3 is 10.4 Å². The Bertz CT molecular complexity index is 589. The molecule has 7 heteroatoms. The molecule has 0 aliphatic heterocycles. The van der Waals surface area contributed by atoms with Crippen LogP contribution in [0.15, 0.2) is 35.1 Å². The second-order valence-electron chi connectivity index (χ2n) is 3.35. The minimum Gasteiger partial charge on any atom is -0.476 e. The quantitative estimate of drug-likeness (QED) is 0.746. The Morgan fingerprint density at radius 2 is 2.11 bits per heavy atom. The predicted molar refractivity (Wildman–Crippen MR) is 79.1 cm³/mol. The Hall–Kier alpha value is -1.22. The lowest BCUT2D eigenvalue weighted by molar-refractivity contribution is 0.0690. The molecule has 2 aromatic rings. The van der Waals surface area contributed by atoms with Crippen LogP contribution in [0, 0.1) is 3.57 Å². The van der Waals surface area contributed by atoms with Gasteiger partial charge in [-0.05, 0) is 56.7 Å². The first kappa shape index (κ1) is 13.2. The van der Waals surface area contributed by atoms with Gasteiger partial charge in [-0.3, -0.25) is 0 Å². The number of hydrogen-bond acceptors (Lipinski definition) is 4. The average molecular weight is 420 g/mol. The predicted octanol–water partition coefficient (Wildman–Crippen LogP) is 3.29. The normalized spacial score (nSPS) is 10.1. The Labute approximate surface area is 125 Å². The van der Waals surface area contributed by atoms with Gasteiger partial charge in [0.1, 0.15) is 5.82 Å². The number of carboxylic acids is 1. The summed E-state index contributed by atoms with van der Waals surface area (Å²) in [4.78, 5) is 18.4. The van der Waals surface area contributed by atoms with Crippen LogP contribution < -0.4 is 5.32 Å². The smallest absolute Gasteiger partial charge is 0.356 e. The van der Waals surface area contributed by atoms with Crippen molar-refractivity contribution in [2.75, 3.05) is 5.32 Å². The summed E-state index contributed by atoms with van der Waals surface area (Å²) in [6.45, 7) is 0. The van der Waals surface area contributed by atoms with Gasteiger partial charge in [0.25, 0.3) is 0 Å². The number of nitrogens with zero attached hydrogens (tertiary/aromatic N) is 2. The van der Waals surface area contributed by atoms with Crippen molar-refractivity contribution < 1.29 is 9.90 Å². The third-order valence-electron chi connectivity index (χ3n) is 2.06. The van der Waals surface area contributed by atoms with Gasteiger partial charge in [0, 0.05) is 13.7 Å². The summed E-state index contributed by atoms with van der Waals surface area (Å²) in [7, 11) is 0. The summed E-state index contributed by atoms with van der Waals surface area (Å²) in [6, 6.07) is 5.76. The summed E-state index contributed by atoms with van der Waals surface area (Å²) in [6.07, 6.45) is 2.60. The zero-order valence-corrected chi connectivity index (χ0v) is 12.6. The summed E-state index contributed by atoms with van der Waals surface area (Å²) >= 11 is 5.64. The fraction of sp³-hybridized carbons (Fsp3) is 0. The van der Waals surface area contributed by atoms with Crippen LogP contribution in [0.5, 0.6) is 0 Å².